The predicted molar refractivity (Wildman–Crippen MR) is 287 cm³/mol. The van der Waals surface area contributed by atoms with E-state index >= 15 is 0 Å². The Morgan fingerprint density at radius 3 is 0.899 bits per heavy atom. The summed E-state index contributed by atoms with van der Waals surface area (Å²) in [7, 11) is 0. The van der Waals surface area contributed by atoms with Gasteiger partial charge in [-0.3, -0.25) is 0 Å². The standard InChI is InChI=1S/C22H18N4S2.C15H8N8S4.C8H6N4S2/c1-11-7-5-8-12(2)15(11)17-19-21(25-27-23-19)18(22-20(17)24-28-26-22)16-13(3)9-6-10-14(16)4;1-4-8-12(20-24-16-8)6(13-9(4)17-25-21-13)3-7-14-10(18-26-22-14)5(2)11-15(7)23-27-19-11;1-3-5-7(11-13-9-5)4(2)8-6(3)10-14-12-8/h5-10H,1-4H3;3H2,1-2H3;1-2H3. The summed E-state index contributed by atoms with van der Waals surface area (Å²) in [5.41, 5.74) is 30.2. The van der Waals surface area contributed by atoms with Crippen LogP contribution in [0.25, 0.3) is 66.4 Å². The minimum Gasteiger partial charge on any atom is -0.173 e. The number of hydrogen-bond donors (Lipinski definition) is 0. The van der Waals surface area contributed by atoms with Gasteiger partial charge in [-0.05, 0) is 88.8 Å². The third-order valence-corrected chi connectivity index (χ3v) is 16.9. The molecule has 340 valence electrons. The molecule has 0 atom stereocenters. The second-order valence-corrected chi connectivity index (χ2v) is 20.8. The van der Waals surface area contributed by atoms with Gasteiger partial charge >= 0.3 is 0 Å². The normalized spacial score (nSPS) is 13.2. The van der Waals surface area contributed by atoms with Crippen LogP contribution >= 0.6 is 46.9 Å². The zero-order valence-corrected chi connectivity index (χ0v) is 44.1. The lowest BCUT2D eigenvalue weighted by molar-refractivity contribution is 1.20. The Morgan fingerprint density at radius 2 is 0.551 bits per heavy atom. The molecule has 0 aliphatic carbocycles. The molecule has 0 spiro atoms. The summed E-state index contributed by atoms with van der Waals surface area (Å²) in [5, 5.41) is 0. The molecule has 14 rings (SSSR count). The number of fused-ring (bicyclic) bond motifs is 8. The first-order valence-electron chi connectivity index (χ1n) is 21.2. The molecule has 4 aliphatic rings. The first kappa shape index (κ1) is 44.1. The fourth-order valence-corrected chi connectivity index (χ4v) is 14.1. The maximum Gasteiger partial charge on any atom is 0.115 e. The molecule has 0 bridgehead atoms. The summed E-state index contributed by atoms with van der Waals surface area (Å²) in [5.74, 6) is 0. The summed E-state index contributed by atoms with van der Waals surface area (Å²) in [6, 6.07) is 12.7. The lowest BCUT2D eigenvalue weighted by Gasteiger charge is -2.17. The van der Waals surface area contributed by atoms with Gasteiger partial charge in [-0.15, -0.1) is 0 Å². The van der Waals surface area contributed by atoms with E-state index in [9.17, 15) is 0 Å². The highest BCUT2D eigenvalue weighted by Gasteiger charge is 2.30. The van der Waals surface area contributed by atoms with Gasteiger partial charge in [-0.25, -0.2) is 0 Å². The van der Waals surface area contributed by atoms with E-state index in [1.165, 1.54) is 126 Å². The van der Waals surface area contributed by atoms with E-state index < -0.39 is 0 Å². The third kappa shape index (κ3) is 7.01. The highest BCUT2D eigenvalue weighted by atomic mass is 32.1. The molecular weight excluding hydrogens is 1020 g/mol. The molecule has 69 heavy (non-hydrogen) atoms. The van der Waals surface area contributed by atoms with Crippen molar-refractivity contribution in [2.75, 3.05) is 0 Å². The SMILES string of the molecule is Cc1c2c(c(C)c3nsnc13)N=S=N2.Cc1c2c(c(Cc3c4c(c(C)c5nsnc35)N=S=N4)c3nsnc13)N=S=N2.Cc1cccc(C)c1-c1c2c(c(-c3c(C)cccc3C)c3nsnc13)N=S=N2. The molecular formula is C45H32N16S8. The van der Waals surface area contributed by atoms with Crippen molar-refractivity contribution >= 4 is 182 Å². The van der Waals surface area contributed by atoms with Crippen LogP contribution in [0.1, 0.15) is 55.6 Å². The number of aromatic nitrogens is 8. The molecule has 8 heterocycles. The average molecular weight is 1050 g/mol. The van der Waals surface area contributed by atoms with Crippen molar-refractivity contribution in [3.05, 3.63) is 92.0 Å². The van der Waals surface area contributed by atoms with Crippen LogP contribution < -0.4 is 0 Å². The third-order valence-electron chi connectivity index (χ3n) is 12.7. The summed E-state index contributed by atoms with van der Waals surface area (Å²) >= 11 is 9.86. The first-order chi connectivity index (χ1) is 33.6. The van der Waals surface area contributed by atoms with Crippen molar-refractivity contribution in [3.8, 4) is 22.3 Å². The molecule has 0 N–H and O–H groups in total. The lowest BCUT2D eigenvalue weighted by atomic mass is 9.87. The van der Waals surface area contributed by atoms with Crippen molar-refractivity contribution in [3.63, 3.8) is 0 Å². The Morgan fingerprint density at radius 1 is 0.290 bits per heavy atom. The van der Waals surface area contributed by atoms with E-state index in [2.05, 4.69) is 117 Å². The summed E-state index contributed by atoms with van der Waals surface area (Å²) < 4.78 is 72.2. The molecule has 0 saturated heterocycles. The quantitative estimate of drug-likeness (QED) is 0.165. The summed E-state index contributed by atoms with van der Waals surface area (Å²) in [6.07, 6.45) is 0.591. The second kappa shape index (κ2) is 17.4. The average Bonchev–Trinajstić information content (AvgIpc) is 4.19. The van der Waals surface area contributed by atoms with Crippen molar-refractivity contribution in [2.24, 2.45) is 34.9 Å². The molecule has 0 amide bonds. The Kier molecular flexibility index (Phi) is 11.1. The van der Waals surface area contributed by atoms with Crippen LogP contribution in [0, 0.1) is 55.4 Å². The molecule has 16 nitrogen and oxygen atoms in total. The monoisotopic (exact) mass is 1050 g/mol. The van der Waals surface area contributed by atoms with Crippen molar-refractivity contribution in [2.45, 2.75) is 61.8 Å². The minimum absolute atomic E-state index is 0.591. The van der Waals surface area contributed by atoms with E-state index in [-0.39, 0.29) is 0 Å². The van der Waals surface area contributed by atoms with Gasteiger partial charge in [-0.1, -0.05) is 36.4 Å². The van der Waals surface area contributed by atoms with Crippen LogP contribution in [0.3, 0.4) is 0 Å². The molecule has 0 radical (unpaired) electrons. The molecule has 0 unspecified atom stereocenters. The number of hydrogen-bond acceptors (Lipinski definition) is 20. The smallest absolute Gasteiger partial charge is 0.115 e. The zero-order valence-electron chi connectivity index (χ0n) is 37.6. The molecule has 10 aromatic rings. The number of rotatable bonds is 4. The van der Waals surface area contributed by atoms with Crippen molar-refractivity contribution in [1.29, 1.82) is 0 Å². The van der Waals surface area contributed by atoms with Gasteiger partial charge < -0.3 is 0 Å². The number of aryl methyl sites for hydroxylation is 8. The lowest BCUT2D eigenvalue weighted by Crippen LogP contribution is -1.96. The molecule has 0 fully saturated rings. The zero-order chi connectivity index (χ0) is 47.2. The van der Waals surface area contributed by atoms with Gasteiger partial charge in [-0.2, -0.15) is 69.9 Å². The maximum atomic E-state index is 4.72. The first-order valence-corrected chi connectivity index (χ1v) is 27.0. The molecule has 4 aliphatic heterocycles. The van der Waals surface area contributed by atoms with E-state index in [0.717, 1.165) is 134 Å². The van der Waals surface area contributed by atoms with Gasteiger partial charge in [0.15, 0.2) is 0 Å². The molecule has 24 heteroatoms. The van der Waals surface area contributed by atoms with E-state index in [4.69, 9.17) is 17.5 Å². The topological polar surface area (TPSA) is 202 Å². The van der Waals surface area contributed by atoms with Crippen molar-refractivity contribution in [1.82, 2.24) is 35.0 Å². The van der Waals surface area contributed by atoms with E-state index in [0.29, 0.717) is 6.42 Å². The van der Waals surface area contributed by atoms with Crippen LogP contribution in [-0.4, -0.2) is 35.0 Å². The van der Waals surface area contributed by atoms with Crippen LogP contribution in [0.4, 0.5) is 45.5 Å². The fraction of sp³-hybridized carbons (Fsp3) is 0.200. The van der Waals surface area contributed by atoms with Gasteiger partial charge in [0.05, 0.1) is 92.3 Å². The summed E-state index contributed by atoms with van der Waals surface area (Å²) in [4.78, 5) is 0. The molecule has 4 aromatic heterocycles. The van der Waals surface area contributed by atoms with Gasteiger partial charge in [0.25, 0.3) is 0 Å². The Balaban J connectivity index is 0.000000113. The van der Waals surface area contributed by atoms with E-state index in [1.807, 2.05) is 27.7 Å². The van der Waals surface area contributed by atoms with E-state index in [1.54, 1.807) is 0 Å². The predicted octanol–water partition coefficient (Wildman–Crippen LogP) is 15.4. The second-order valence-electron chi connectivity index (χ2n) is 16.6. The minimum atomic E-state index is 0.591. The van der Waals surface area contributed by atoms with Crippen LogP contribution in [0.15, 0.2) is 71.3 Å². The molecule has 0 saturated carbocycles. The highest BCUT2D eigenvalue weighted by Crippen LogP contribution is 2.54. The van der Waals surface area contributed by atoms with Crippen molar-refractivity contribution < 1.29 is 0 Å². The van der Waals surface area contributed by atoms with Crippen LogP contribution in [0.2, 0.25) is 0 Å². The fourth-order valence-electron chi connectivity index (χ4n) is 9.23. The Hall–Kier alpha value is -6.12. The van der Waals surface area contributed by atoms with Crippen LogP contribution in [-0.2, 0) is 51.8 Å². The van der Waals surface area contributed by atoms with Crippen LogP contribution in [0.5, 0.6) is 0 Å². The Labute approximate surface area is 424 Å². The van der Waals surface area contributed by atoms with Gasteiger partial charge in [0.2, 0.25) is 0 Å². The number of benzene rings is 6. The van der Waals surface area contributed by atoms with Gasteiger partial charge in [0.1, 0.15) is 89.6 Å². The van der Waals surface area contributed by atoms with Gasteiger partial charge in [0, 0.05) is 50.9 Å². The number of nitrogens with zero attached hydrogens (tertiary/aromatic N) is 16. The highest BCUT2D eigenvalue weighted by molar-refractivity contribution is 7.58. The maximum absolute atomic E-state index is 4.72. The molecule has 6 aromatic carbocycles. The largest absolute Gasteiger partial charge is 0.173 e. The Bertz CT molecular complexity index is 3930. The summed E-state index contributed by atoms with van der Waals surface area (Å²) in [6.45, 7) is 16.6.